The van der Waals surface area contributed by atoms with Crippen molar-refractivity contribution in [3.8, 4) is 5.69 Å². The molecule has 0 aliphatic rings. The highest BCUT2D eigenvalue weighted by atomic mass is 79.9. The number of rotatable bonds is 2. The van der Waals surface area contributed by atoms with E-state index in [4.69, 9.17) is 11.6 Å². The average molecular weight is 368 g/mol. The summed E-state index contributed by atoms with van der Waals surface area (Å²) in [5.74, 6) is 0.704. The van der Waals surface area contributed by atoms with Crippen LogP contribution < -0.4 is 0 Å². The Morgan fingerprint density at radius 2 is 2.00 bits per heavy atom. The largest absolute Gasteiger partial charge is 0.294 e. The molecule has 0 unspecified atom stereocenters. The fourth-order valence-corrected chi connectivity index (χ4v) is 3.01. The highest BCUT2D eigenvalue weighted by Gasteiger charge is 2.15. The summed E-state index contributed by atoms with van der Waals surface area (Å²) >= 11 is 9.60. The van der Waals surface area contributed by atoms with Gasteiger partial charge < -0.3 is 0 Å². The maximum atomic E-state index is 13.7. The number of alkyl halides is 1. The van der Waals surface area contributed by atoms with Crippen molar-refractivity contribution in [2.75, 3.05) is 0 Å². The van der Waals surface area contributed by atoms with Gasteiger partial charge >= 0.3 is 0 Å². The third kappa shape index (κ3) is 2.47. The Bertz CT molecular complexity index is 842. The highest BCUT2D eigenvalue weighted by Crippen LogP contribution is 2.30. The normalized spacial score (nSPS) is 11.3. The molecule has 2 aromatic carbocycles. The van der Waals surface area contributed by atoms with Gasteiger partial charge in [-0.05, 0) is 59.1 Å². The van der Waals surface area contributed by atoms with E-state index in [2.05, 4.69) is 27.0 Å². The molecule has 1 aromatic heterocycles. The Morgan fingerprint density at radius 3 is 2.71 bits per heavy atom. The standard InChI is InChI=1S/C16H13BrClFN2/c1-9-3-4-11(17)14(5-9)21-15-6-10(2)12(19)7-13(15)20-16(21)8-18/h3-7H,8H2,1-2H3. The first-order valence-corrected chi connectivity index (χ1v) is 7.84. The lowest BCUT2D eigenvalue weighted by atomic mass is 10.2. The number of aryl methyl sites for hydroxylation is 2. The number of aromatic nitrogens is 2. The molecule has 0 N–H and O–H groups in total. The van der Waals surface area contributed by atoms with Gasteiger partial charge in [0.1, 0.15) is 11.6 Å². The molecule has 0 fully saturated rings. The van der Waals surface area contributed by atoms with Crippen LogP contribution in [0.15, 0.2) is 34.8 Å². The fraction of sp³-hybridized carbons (Fsp3) is 0.188. The van der Waals surface area contributed by atoms with Gasteiger partial charge in [-0.1, -0.05) is 6.07 Å². The number of hydrogen-bond acceptors (Lipinski definition) is 1. The van der Waals surface area contributed by atoms with E-state index < -0.39 is 0 Å². The second kappa shape index (κ2) is 5.43. The van der Waals surface area contributed by atoms with Gasteiger partial charge in [-0.2, -0.15) is 0 Å². The lowest BCUT2D eigenvalue weighted by Gasteiger charge is -2.11. The molecule has 108 valence electrons. The van der Waals surface area contributed by atoms with Crippen LogP contribution in [0.25, 0.3) is 16.7 Å². The van der Waals surface area contributed by atoms with E-state index in [1.54, 1.807) is 6.92 Å². The molecule has 1 heterocycles. The molecular formula is C16H13BrClFN2. The van der Waals surface area contributed by atoms with E-state index in [1.807, 2.05) is 29.7 Å². The van der Waals surface area contributed by atoms with Gasteiger partial charge in [0.05, 0.1) is 22.6 Å². The van der Waals surface area contributed by atoms with Crippen molar-refractivity contribution in [1.29, 1.82) is 0 Å². The van der Waals surface area contributed by atoms with E-state index in [-0.39, 0.29) is 11.7 Å². The average Bonchev–Trinajstić information content (AvgIpc) is 2.79. The minimum atomic E-state index is -0.253. The summed E-state index contributed by atoms with van der Waals surface area (Å²) in [5, 5.41) is 0. The molecular weight excluding hydrogens is 355 g/mol. The Labute approximate surface area is 135 Å². The van der Waals surface area contributed by atoms with Crippen LogP contribution in [0.4, 0.5) is 4.39 Å². The third-order valence-electron chi connectivity index (χ3n) is 3.47. The van der Waals surface area contributed by atoms with Crippen LogP contribution in [0.5, 0.6) is 0 Å². The zero-order valence-electron chi connectivity index (χ0n) is 11.6. The molecule has 0 radical (unpaired) electrons. The number of imidazole rings is 1. The van der Waals surface area contributed by atoms with Crippen molar-refractivity contribution in [3.63, 3.8) is 0 Å². The van der Waals surface area contributed by atoms with Crippen molar-refractivity contribution < 1.29 is 4.39 Å². The summed E-state index contributed by atoms with van der Waals surface area (Å²) in [7, 11) is 0. The number of benzene rings is 2. The summed E-state index contributed by atoms with van der Waals surface area (Å²) < 4.78 is 16.7. The van der Waals surface area contributed by atoms with Crippen molar-refractivity contribution >= 4 is 38.6 Å². The smallest absolute Gasteiger partial charge is 0.129 e. The summed E-state index contributed by atoms with van der Waals surface area (Å²) in [6, 6.07) is 9.34. The molecule has 3 rings (SSSR count). The van der Waals surface area contributed by atoms with Crippen LogP contribution in [-0.4, -0.2) is 9.55 Å². The van der Waals surface area contributed by atoms with Crippen molar-refractivity contribution in [2.45, 2.75) is 19.7 Å². The molecule has 0 atom stereocenters. The summed E-state index contributed by atoms with van der Waals surface area (Å²) in [4.78, 5) is 4.45. The molecule has 0 saturated carbocycles. The topological polar surface area (TPSA) is 17.8 Å². The van der Waals surface area contributed by atoms with Crippen LogP contribution in [0.3, 0.4) is 0 Å². The minimum Gasteiger partial charge on any atom is -0.294 e. The van der Waals surface area contributed by atoms with Gasteiger partial charge in [0, 0.05) is 10.5 Å². The first-order valence-electron chi connectivity index (χ1n) is 6.51. The highest BCUT2D eigenvalue weighted by molar-refractivity contribution is 9.10. The maximum absolute atomic E-state index is 13.7. The molecule has 0 spiro atoms. The van der Waals surface area contributed by atoms with Crippen LogP contribution in [0, 0.1) is 19.7 Å². The van der Waals surface area contributed by atoms with Crippen LogP contribution >= 0.6 is 27.5 Å². The molecule has 0 aliphatic carbocycles. The summed E-state index contributed by atoms with van der Waals surface area (Å²) in [6.45, 7) is 3.78. The van der Waals surface area contributed by atoms with Crippen molar-refractivity contribution in [3.05, 3.63) is 57.6 Å². The van der Waals surface area contributed by atoms with E-state index in [0.717, 1.165) is 21.2 Å². The molecule has 21 heavy (non-hydrogen) atoms. The van der Waals surface area contributed by atoms with Crippen molar-refractivity contribution in [2.24, 2.45) is 0 Å². The zero-order valence-corrected chi connectivity index (χ0v) is 14.0. The first-order chi connectivity index (χ1) is 10.0. The van der Waals surface area contributed by atoms with Crippen LogP contribution in [-0.2, 0) is 5.88 Å². The molecule has 0 saturated heterocycles. The summed E-state index contributed by atoms with van der Waals surface area (Å²) in [5.41, 5.74) is 4.15. The van der Waals surface area contributed by atoms with E-state index in [0.29, 0.717) is 16.9 Å². The van der Waals surface area contributed by atoms with Crippen LogP contribution in [0.1, 0.15) is 17.0 Å². The fourth-order valence-electron chi connectivity index (χ4n) is 2.41. The maximum Gasteiger partial charge on any atom is 0.129 e. The first kappa shape index (κ1) is 14.5. The second-order valence-corrected chi connectivity index (χ2v) is 6.16. The number of fused-ring (bicyclic) bond motifs is 1. The summed E-state index contributed by atoms with van der Waals surface area (Å²) in [6.07, 6.45) is 0. The Balaban J connectivity index is 2.40. The predicted molar refractivity (Wildman–Crippen MR) is 87.8 cm³/mol. The second-order valence-electron chi connectivity index (χ2n) is 5.04. The molecule has 0 aliphatic heterocycles. The lowest BCUT2D eigenvalue weighted by molar-refractivity contribution is 0.620. The lowest BCUT2D eigenvalue weighted by Crippen LogP contribution is -2.01. The van der Waals surface area contributed by atoms with Gasteiger partial charge in [0.25, 0.3) is 0 Å². The van der Waals surface area contributed by atoms with Gasteiger partial charge in [0.2, 0.25) is 0 Å². The number of nitrogens with zero attached hydrogens (tertiary/aromatic N) is 2. The Hall–Kier alpha value is -1.39. The Morgan fingerprint density at radius 1 is 1.24 bits per heavy atom. The number of hydrogen-bond donors (Lipinski definition) is 0. The molecule has 5 heteroatoms. The molecule has 3 aromatic rings. The molecule has 2 nitrogen and oxygen atoms in total. The number of halogens is 3. The van der Waals surface area contributed by atoms with Gasteiger partial charge in [0.15, 0.2) is 0 Å². The monoisotopic (exact) mass is 366 g/mol. The Kier molecular flexibility index (Phi) is 3.76. The van der Waals surface area contributed by atoms with Crippen LogP contribution in [0.2, 0.25) is 0 Å². The quantitative estimate of drug-likeness (QED) is 0.563. The van der Waals surface area contributed by atoms with Gasteiger partial charge in [-0.3, -0.25) is 4.57 Å². The molecule has 0 bridgehead atoms. The predicted octanol–water partition coefficient (Wildman–Crippen LogP) is 5.28. The minimum absolute atomic E-state index is 0.253. The van der Waals surface area contributed by atoms with E-state index >= 15 is 0 Å². The molecule has 0 amide bonds. The third-order valence-corrected chi connectivity index (χ3v) is 4.38. The van der Waals surface area contributed by atoms with Gasteiger partial charge in [-0.25, -0.2) is 9.37 Å². The SMILES string of the molecule is Cc1ccc(Br)c(-n2c(CCl)nc3cc(F)c(C)cc32)c1. The van der Waals surface area contributed by atoms with Crippen molar-refractivity contribution in [1.82, 2.24) is 9.55 Å². The van der Waals surface area contributed by atoms with E-state index in [9.17, 15) is 4.39 Å². The zero-order chi connectivity index (χ0) is 15.1. The van der Waals surface area contributed by atoms with E-state index in [1.165, 1.54) is 6.07 Å². The van der Waals surface area contributed by atoms with Gasteiger partial charge in [-0.15, -0.1) is 11.6 Å².